The molecule has 0 spiro atoms. The van der Waals surface area contributed by atoms with Gasteiger partial charge in [0.05, 0.1) is 11.6 Å². The molecule has 0 fully saturated rings. The molecule has 5 heteroatoms. The van der Waals surface area contributed by atoms with Crippen LogP contribution in [0, 0.1) is 12.7 Å². The zero-order valence-electron chi connectivity index (χ0n) is 11.0. The molecule has 0 heterocycles. The second-order valence-electron chi connectivity index (χ2n) is 4.22. The molecule has 1 N–H and O–H groups in total. The standard InChI is InChI=1S/C15H13BrFNO2/c1-9-12(17)4-3-5-13(9)18-15(19)10-6-7-14(20-2)11(16)8-10/h3-8H,1-2H3,(H,18,19). The average molecular weight is 338 g/mol. The topological polar surface area (TPSA) is 38.3 Å². The molecule has 0 aromatic heterocycles. The summed E-state index contributed by atoms with van der Waals surface area (Å²) in [5, 5.41) is 2.69. The van der Waals surface area contributed by atoms with Crippen LogP contribution in [0.1, 0.15) is 15.9 Å². The highest BCUT2D eigenvalue weighted by atomic mass is 79.9. The number of benzene rings is 2. The fourth-order valence-electron chi connectivity index (χ4n) is 1.74. The van der Waals surface area contributed by atoms with E-state index in [9.17, 15) is 9.18 Å². The highest BCUT2D eigenvalue weighted by molar-refractivity contribution is 9.10. The van der Waals surface area contributed by atoms with E-state index >= 15 is 0 Å². The van der Waals surface area contributed by atoms with Crippen molar-refractivity contribution < 1.29 is 13.9 Å². The lowest BCUT2D eigenvalue weighted by Gasteiger charge is -2.10. The minimum atomic E-state index is -0.348. The van der Waals surface area contributed by atoms with Crippen molar-refractivity contribution >= 4 is 27.5 Å². The quantitative estimate of drug-likeness (QED) is 0.913. The fourth-order valence-corrected chi connectivity index (χ4v) is 2.29. The monoisotopic (exact) mass is 337 g/mol. The number of amides is 1. The minimum Gasteiger partial charge on any atom is -0.496 e. The third-order valence-electron chi connectivity index (χ3n) is 2.93. The van der Waals surface area contributed by atoms with Gasteiger partial charge in [0.15, 0.2) is 0 Å². The smallest absolute Gasteiger partial charge is 0.255 e. The number of halogens is 2. The van der Waals surface area contributed by atoms with Crippen molar-refractivity contribution in [2.75, 3.05) is 12.4 Å². The van der Waals surface area contributed by atoms with E-state index in [1.165, 1.54) is 6.07 Å². The zero-order valence-corrected chi connectivity index (χ0v) is 12.6. The van der Waals surface area contributed by atoms with Crippen LogP contribution in [-0.4, -0.2) is 13.0 Å². The maximum Gasteiger partial charge on any atom is 0.255 e. The van der Waals surface area contributed by atoms with E-state index in [-0.39, 0.29) is 11.7 Å². The van der Waals surface area contributed by atoms with Crippen molar-refractivity contribution in [1.82, 2.24) is 0 Å². The van der Waals surface area contributed by atoms with Gasteiger partial charge in [-0.3, -0.25) is 4.79 Å². The summed E-state index contributed by atoms with van der Waals surface area (Å²) in [6, 6.07) is 9.57. The van der Waals surface area contributed by atoms with Crippen LogP contribution in [0.2, 0.25) is 0 Å². The third-order valence-corrected chi connectivity index (χ3v) is 3.55. The molecule has 0 atom stereocenters. The van der Waals surface area contributed by atoms with Gasteiger partial charge in [-0.1, -0.05) is 6.07 Å². The Morgan fingerprint density at radius 3 is 2.70 bits per heavy atom. The molecule has 0 aliphatic carbocycles. The molecule has 3 nitrogen and oxygen atoms in total. The first-order valence-corrected chi connectivity index (χ1v) is 6.72. The van der Waals surface area contributed by atoms with Gasteiger partial charge in [0.1, 0.15) is 11.6 Å². The minimum absolute atomic E-state index is 0.304. The van der Waals surface area contributed by atoms with Crippen LogP contribution >= 0.6 is 15.9 Å². The molecule has 0 saturated carbocycles. The van der Waals surface area contributed by atoms with Crippen molar-refractivity contribution in [2.45, 2.75) is 6.92 Å². The van der Waals surface area contributed by atoms with Crippen LogP contribution in [0.25, 0.3) is 0 Å². The number of anilines is 1. The SMILES string of the molecule is COc1ccc(C(=O)Nc2cccc(F)c2C)cc1Br. The third kappa shape index (κ3) is 2.99. The van der Waals surface area contributed by atoms with Crippen LogP contribution in [0.5, 0.6) is 5.75 Å². The number of carbonyl (C=O) groups is 1. The predicted molar refractivity (Wildman–Crippen MR) is 79.8 cm³/mol. The Hall–Kier alpha value is -1.88. The van der Waals surface area contributed by atoms with Gasteiger partial charge in [0.25, 0.3) is 5.91 Å². The Kier molecular flexibility index (Phi) is 4.39. The Balaban J connectivity index is 2.24. The molecule has 104 valence electrons. The predicted octanol–water partition coefficient (Wildman–Crippen LogP) is 4.16. The van der Waals surface area contributed by atoms with Gasteiger partial charge in [0.2, 0.25) is 0 Å². The van der Waals surface area contributed by atoms with E-state index in [0.29, 0.717) is 27.0 Å². The summed E-state index contributed by atoms with van der Waals surface area (Å²) in [4.78, 5) is 12.1. The summed E-state index contributed by atoms with van der Waals surface area (Å²) in [7, 11) is 1.55. The van der Waals surface area contributed by atoms with Crippen LogP contribution in [0.15, 0.2) is 40.9 Å². The van der Waals surface area contributed by atoms with Gasteiger partial charge < -0.3 is 10.1 Å². The number of carbonyl (C=O) groups excluding carboxylic acids is 1. The molecular weight excluding hydrogens is 325 g/mol. The second-order valence-corrected chi connectivity index (χ2v) is 5.07. The molecule has 0 aliphatic heterocycles. The summed E-state index contributed by atoms with van der Waals surface area (Å²) in [5.74, 6) is -0.00995. The number of hydrogen-bond acceptors (Lipinski definition) is 2. The summed E-state index contributed by atoms with van der Waals surface area (Å²) in [6.07, 6.45) is 0. The number of ether oxygens (including phenoxy) is 1. The lowest BCUT2D eigenvalue weighted by atomic mass is 10.1. The van der Waals surface area contributed by atoms with Gasteiger partial charge in [-0.2, -0.15) is 0 Å². The van der Waals surface area contributed by atoms with Crippen LogP contribution in [0.3, 0.4) is 0 Å². The number of methoxy groups -OCH3 is 1. The second kappa shape index (κ2) is 6.05. The van der Waals surface area contributed by atoms with Crippen LogP contribution in [0.4, 0.5) is 10.1 Å². The molecule has 0 aliphatic rings. The van der Waals surface area contributed by atoms with Gasteiger partial charge in [-0.25, -0.2) is 4.39 Å². The maximum atomic E-state index is 13.4. The molecule has 2 rings (SSSR count). The van der Waals surface area contributed by atoms with E-state index in [0.717, 1.165) is 0 Å². The first-order valence-electron chi connectivity index (χ1n) is 5.93. The molecule has 0 bridgehead atoms. The summed E-state index contributed by atoms with van der Waals surface area (Å²) in [6.45, 7) is 1.62. The Morgan fingerprint density at radius 2 is 2.05 bits per heavy atom. The van der Waals surface area contributed by atoms with Crippen LogP contribution in [-0.2, 0) is 0 Å². The highest BCUT2D eigenvalue weighted by Gasteiger charge is 2.11. The normalized spacial score (nSPS) is 10.2. The van der Waals surface area contributed by atoms with Gasteiger partial charge in [0, 0.05) is 16.8 Å². The number of rotatable bonds is 3. The van der Waals surface area contributed by atoms with E-state index in [1.807, 2.05) is 0 Å². The van der Waals surface area contributed by atoms with E-state index in [4.69, 9.17) is 4.74 Å². The van der Waals surface area contributed by atoms with E-state index < -0.39 is 0 Å². The Labute approximate surface area is 124 Å². The highest BCUT2D eigenvalue weighted by Crippen LogP contribution is 2.26. The van der Waals surface area contributed by atoms with Crippen LogP contribution < -0.4 is 10.1 Å². The average Bonchev–Trinajstić information content (AvgIpc) is 2.43. The van der Waals surface area contributed by atoms with Gasteiger partial charge in [-0.15, -0.1) is 0 Å². The Morgan fingerprint density at radius 1 is 1.30 bits per heavy atom. The molecule has 2 aromatic carbocycles. The molecule has 0 saturated heterocycles. The molecule has 1 amide bonds. The zero-order chi connectivity index (χ0) is 14.7. The summed E-state index contributed by atoms with van der Waals surface area (Å²) in [5.41, 5.74) is 1.33. The molecular formula is C15H13BrFNO2. The van der Waals surface area contributed by atoms with Crippen molar-refractivity contribution in [2.24, 2.45) is 0 Å². The molecule has 2 aromatic rings. The maximum absolute atomic E-state index is 13.4. The molecule has 0 radical (unpaired) electrons. The van der Waals surface area contributed by atoms with E-state index in [1.54, 1.807) is 44.4 Å². The first-order chi connectivity index (χ1) is 9.52. The fraction of sp³-hybridized carbons (Fsp3) is 0.133. The van der Waals surface area contributed by atoms with Crippen molar-refractivity contribution in [3.63, 3.8) is 0 Å². The van der Waals surface area contributed by atoms with Gasteiger partial charge in [-0.05, 0) is 53.2 Å². The van der Waals surface area contributed by atoms with Crippen molar-refractivity contribution in [1.29, 1.82) is 0 Å². The van der Waals surface area contributed by atoms with E-state index in [2.05, 4.69) is 21.2 Å². The number of nitrogens with one attached hydrogen (secondary N) is 1. The first kappa shape index (κ1) is 14.5. The summed E-state index contributed by atoms with van der Waals surface area (Å²) >= 11 is 3.32. The largest absolute Gasteiger partial charge is 0.496 e. The lowest BCUT2D eigenvalue weighted by molar-refractivity contribution is 0.102. The number of hydrogen-bond donors (Lipinski definition) is 1. The molecule has 0 unspecified atom stereocenters. The molecule has 20 heavy (non-hydrogen) atoms. The van der Waals surface area contributed by atoms with Crippen molar-refractivity contribution in [3.05, 3.63) is 57.8 Å². The van der Waals surface area contributed by atoms with Crippen molar-refractivity contribution in [3.8, 4) is 5.75 Å². The summed E-state index contributed by atoms with van der Waals surface area (Å²) < 4.78 is 19.2. The lowest BCUT2D eigenvalue weighted by Crippen LogP contribution is -2.13. The Bertz CT molecular complexity index is 658. The van der Waals surface area contributed by atoms with Gasteiger partial charge >= 0.3 is 0 Å².